The molecule has 2 aromatic rings. The highest BCUT2D eigenvalue weighted by atomic mass is 32.1. The Morgan fingerprint density at radius 1 is 1.35 bits per heavy atom. The molecule has 17 heavy (non-hydrogen) atoms. The molecule has 1 unspecified atom stereocenters. The summed E-state index contributed by atoms with van der Waals surface area (Å²) in [6.45, 7) is 0. The summed E-state index contributed by atoms with van der Waals surface area (Å²) >= 11 is 1.60. The van der Waals surface area contributed by atoms with Gasteiger partial charge in [-0.15, -0.1) is 11.3 Å². The van der Waals surface area contributed by atoms with Crippen molar-refractivity contribution in [2.24, 2.45) is 0 Å². The van der Waals surface area contributed by atoms with Crippen LogP contribution in [0.15, 0.2) is 35.7 Å². The molecule has 2 rings (SSSR count). The maximum atomic E-state index is 13.2. The Balaban J connectivity index is 2.33. The largest absolute Gasteiger partial charge is 0.496 e. The number of rotatable bonds is 4. The second kappa shape index (κ2) is 5.29. The lowest BCUT2D eigenvalue weighted by atomic mass is 10.1. The summed E-state index contributed by atoms with van der Waals surface area (Å²) in [5.41, 5.74) is 0.914. The molecule has 1 atom stereocenters. The van der Waals surface area contributed by atoms with Gasteiger partial charge in [0.05, 0.1) is 13.2 Å². The van der Waals surface area contributed by atoms with Gasteiger partial charge in [0.15, 0.2) is 0 Å². The van der Waals surface area contributed by atoms with E-state index in [1.165, 1.54) is 6.07 Å². The third-order valence-electron chi connectivity index (χ3n) is 2.59. The van der Waals surface area contributed by atoms with E-state index in [2.05, 4.69) is 5.32 Å². The van der Waals surface area contributed by atoms with Crippen molar-refractivity contribution in [3.8, 4) is 5.75 Å². The highest BCUT2D eigenvalue weighted by Crippen LogP contribution is 2.30. The minimum atomic E-state index is -0.216. The molecule has 1 aromatic heterocycles. The Kier molecular flexibility index (Phi) is 3.76. The van der Waals surface area contributed by atoms with E-state index in [0.717, 1.165) is 16.2 Å². The van der Waals surface area contributed by atoms with E-state index in [1.54, 1.807) is 30.6 Å². The van der Waals surface area contributed by atoms with Crippen LogP contribution in [0.4, 0.5) is 4.39 Å². The lowest BCUT2D eigenvalue weighted by Gasteiger charge is -2.14. The van der Waals surface area contributed by atoms with Crippen LogP contribution in [-0.4, -0.2) is 14.2 Å². The first-order valence-corrected chi connectivity index (χ1v) is 6.17. The number of nitrogens with one attached hydrogen (secondary N) is 1. The fourth-order valence-corrected chi connectivity index (χ4v) is 2.74. The zero-order valence-corrected chi connectivity index (χ0v) is 10.6. The van der Waals surface area contributed by atoms with Crippen LogP contribution in [0, 0.1) is 5.82 Å². The van der Waals surface area contributed by atoms with Crippen LogP contribution in [0.1, 0.15) is 16.5 Å². The van der Waals surface area contributed by atoms with E-state index in [1.807, 2.05) is 24.6 Å². The maximum absolute atomic E-state index is 13.2. The van der Waals surface area contributed by atoms with Crippen LogP contribution in [0.5, 0.6) is 5.75 Å². The molecular weight excluding hydrogens is 237 g/mol. The van der Waals surface area contributed by atoms with Crippen LogP contribution in [0.2, 0.25) is 0 Å². The fourth-order valence-electron chi connectivity index (χ4n) is 1.75. The quantitative estimate of drug-likeness (QED) is 0.901. The van der Waals surface area contributed by atoms with Crippen molar-refractivity contribution in [3.63, 3.8) is 0 Å². The molecule has 1 aromatic carbocycles. The second-order valence-corrected chi connectivity index (χ2v) is 4.61. The Hall–Kier alpha value is -1.39. The van der Waals surface area contributed by atoms with Crippen LogP contribution >= 0.6 is 11.3 Å². The summed E-state index contributed by atoms with van der Waals surface area (Å²) in [5, 5.41) is 5.13. The predicted molar refractivity (Wildman–Crippen MR) is 68.2 cm³/mol. The molecule has 0 radical (unpaired) electrons. The summed E-state index contributed by atoms with van der Waals surface area (Å²) in [6.07, 6.45) is 0. The molecule has 1 N–H and O–H groups in total. The van der Waals surface area contributed by atoms with Gasteiger partial charge in [-0.05, 0) is 30.8 Å². The van der Waals surface area contributed by atoms with E-state index < -0.39 is 0 Å². The zero-order valence-electron chi connectivity index (χ0n) is 9.74. The number of halogens is 1. The number of thiophene rings is 1. The van der Waals surface area contributed by atoms with Crippen molar-refractivity contribution >= 4 is 11.3 Å². The molecule has 0 bridgehead atoms. The fraction of sp³-hybridized carbons (Fsp3) is 0.231. The molecule has 0 aliphatic rings. The molecule has 4 heteroatoms. The molecule has 0 aliphatic carbocycles. The van der Waals surface area contributed by atoms with Gasteiger partial charge in [0.2, 0.25) is 0 Å². The van der Waals surface area contributed by atoms with E-state index in [-0.39, 0.29) is 11.9 Å². The van der Waals surface area contributed by atoms with Crippen molar-refractivity contribution in [1.82, 2.24) is 5.32 Å². The molecule has 0 aliphatic heterocycles. The number of hydrogen-bond acceptors (Lipinski definition) is 3. The molecule has 90 valence electrons. The van der Waals surface area contributed by atoms with Gasteiger partial charge in [-0.1, -0.05) is 12.1 Å². The van der Waals surface area contributed by atoms with Gasteiger partial charge in [0.25, 0.3) is 0 Å². The topological polar surface area (TPSA) is 21.3 Å². The average Bonchev–Trinajstić information content (AvgIpc) is 2.79. The Morgan fingerprint density at radius 3 is 2.76 bits per heavy atom. The molecule has 0 saturated heterocycles. The molecule has 1 heterocycles. The standard InChI is InChI=1S/C13H14FNOS/c1-15-13(9-4-3-5-10(14)6-9)12-7-11(16-2)8-17-12/h3-8,13,15H,1-2H3. The molecule has 0 amide bonds. The maximum Gasteiger partial charge on any atom is 0.129 e. The Labute approximate surface area is 104 Å². The predicted octanol–water partition coefficient (Wildman–Crippen LogP) is 3.20. The zero-order chi connectivity index (χ0) is 12.3. The van der Waals surface area contributed by atoms with Gasteiger partial charge in [-0.25, -0.2) is 4.39 Å². The normalized spacial score (nSPS) is 12.4. The van der Waals surface area contributed by atoms with Crippen LogP contribution in [0.25, 0.3) is 0 Å². The average molecular weight is 251 g/mol. The lowest BCUT2D eigenvalue weighted by Crippen LogP contribution is -2.16. The molecule has 2 nitrogen and oxygen atoms in total. The summed E-state index contributed by atoms with van der Waals surface area (Å²) in [7, 11) is 3.50. The van der Waals surface area contributed by atoms with Crippen LogP contribution < -0.4 is 10.1 Å². The molecular formula is C13H14FNOS. The van der Waals surface area contributed by atoms with E-state index in [9.17, 15) is 4.39 Å². The van der Waals surface area contributed by atoms with Crippen LogP contribution in [-0.2, 0) is 0 Å². The van der Waals surface area contributed by atoms with Crippen molar-refractivity contribution in [3.05, 3.63) is 52.0 Å². The molecule has 0 saturated carbocycles. The second-order valence-electron chi connectivity index (χ2n) is 3.67. The van der Waals surface area contributed by atoms with Gasteiger partial charge in [-0.2, -0.15) is 0 Å². The number of hydrogen-bond donors (Lipinski definition) is 1. The van der Waals surface area contributed by atoms with Gasteiger partial charge < -0.3 is 10.1 Å². The minimum Gasteiger partial charge on any atom is -0.496 e. The third-order valence-corrected chi connectivity index (χ3v) is 3.56. The third kappa shape index (κ3) is 2.65. The molecule has 0 spiro atoms. The first-order valence-electron chi connectivity index (χ1n) is 5.29. The van der Waals surface area contributed by atoms with Gasteiger partial charge >= 0.3 is 0 Å². The van der Waals surface area contributed by atoms with E-state index in [4.69, 9.17) is 4.74 Å². The van der Waals surface area contributed by atoms with Crippen molar-refractivity contribution in [1.29, 1.82) is 0 Å². The monoisotopic (exact) mass is 251 g/mol. The lowest BCUT2D eigenvalue weighted by molar-refractivity contribution is 0.416. The van der Waals surface area contributed by atoms with Crippen LogP contribution in [0.3, 0.4) is 0 Å². The first kappa shape index (κ1) is 12.1. The summed E-state index contributed by atoms with van der Waals surface area (Å²) in [5.74, 6) is 0.618. The van der Waals surface area contributed by atoms with Crippen molar-refractivity contribution < 1.29 is 9.13 Å². The Bertz CT molecular complexity index is 498. The van der Waals surface area contributed by atoms with Crippen molar-refractivity contribution in [2.75, 3.05) is 14.2 Å². The Morgan fingerprint density at radius 2 is 2.18 bits per heavy atom. The molecule has 0 fully saturated rings. The van der Waals surface area contributed by atoms with Gasteiger partial charge in [0.1, 0.15) is 11.6 Å². The van der Waals surface area contributed by atoms with E-state index >= 15 is 0 Å². The number of ether oxygens (including phenoxy) is 1. The van der Waals surface area contributed by atoms with Gasteiger partial charge in [0, 0.05) is 10.3 Å². The highest BCUT2D eigenvalue weighted by Gasteiger charge is 2.14. The summed E-state index contributed by atoms with van der Waals surface area (Å²) < 4.78 is 18.4. The van der Waals surface area contributed by atoms with Crippen molar-refractivity contribution in [2.45, 2.75) is 6.04 Å². The first-order chi connectivity index (χ1) is 8.24. The number of methoxy groups -OCH3 is 1. The van der Waals surface area contributed by atoms with E-state index in [0.29, 0.717) is 0 Å². The summed E-state index contributed by atoms with van der Waals surface area (Å²) in [6, 6.07) is 8.60. The summed E-state index contributed by atoms with van der Waals surface area (Å²) in [4.78, 5) is 1.11. The highest BCUT2D eigenvalue weighted by molar-refractivity contribution is 7.10. The SMILES string of the molecule is CNC(c1cccc(F)c1)c1cc(OC)cs1. The van der Waals surface area contributed by atoms with Gasteiger partial charge in [-0.3, -0.25) is 0 Å². The minimum absolute atomic E-state index is 0.000370. The smallest absolute Gasteiger partial charge is 0.129 e. The number of benzene rings is 1.